The molecule has 1 fully saturated rings. The Bertz CT molecular complexity index is 930. The van der Waals surface area contributed by atoms with Gasteiger partial charge < -0.3 is 23.8 Å². The number of hydrogen-bond donors (Lipinski definition) is 1. The Kier molecular flexibility index (Phi) is 7.66. The quantitative estimate of drug-likeness (QED) is 0.444. The zero-order valence-corrected chi connectivity index (χ0v) is 19.9. The lowest BCUT2D eigenvalue weighted by Crippen LogP contribution is -2.46. The Morgan fingerprint density at radius 3 is 2.52 bits per heavy atom. The maximum atomic E-state index is 12.3. The van der Waals surface area contributed by atoms with E-state index in [4.69, 9.17) is 13.9 Å². The number of carbonyl (C=O) groups excluding carboxylic acids is 2. The van der Waals surface area contributed by atoms with Gasteiger partial charge in [-0.2, -0.15) is 0 Å². The maximum Gasteiger partial charge on any atom is 0.330 e. The molecule has 0 aromatic carbocycles. The Labute approximate surface area is 181 Å². The van der Waals surface area contributed by atoms with Gasteiger partial charge in [-0.3, -0.25) is 19.1 Å². The highest BCUT2D eigenvalue weighted by molar-refractivity contribution is 6.74. The van der Waals surface area contributed by atoms with Gasteiger partial charge in [0.15, 0.2) is 8.32 Å². The number of H-pyrrole nitrogens is 1. The molecule has 0 amide bonds. The van der Waals surface area contributed by atoms with E-state index in [2.05, 4.69) is 38.8 Å². The predicted molar refractivity (Wildman–Crippen MR) is 112 cm³/mol. The number of esters is 1. The van der Waals surface area contributed by atoms with Crippen LogP contribution in [0.3, 0.4) is 0 Å². The minimum Gasteiger partial charge on any atom is -0.550 e. The van der Waals surface area contributed by atoms with Crippen molar-refractivity contribution in [1.29, 1.82) is 0 Å². The lowest BCUT2D eigenvalue weighted by atomic mass is 10.2. The number of carbonyl (C=O) groups is 2. The number of nitrogens with one attached hydrogen (secondary N) is 1. The number of nitrogens with zero attached hydrogens (tertiary/aromatic N) is 1. The third-order valence-electron chi connectivity index (χ3n) is 5.83. The number of carboxylic acids is 1. The van der Waals surface area contributed by atoms with Crippen LogP contribution in [0.25, 0.3) is 0 Å². The largest absolute Gasteiger partial charge is 0.550 e. The van der Waals surface area contributed by atoms with E-state index >= 15 is 0 Å². The molecule has 1 saturated heterocycles. The highest BCUT2D eigenvalue weighted by Gasteiger charge is 2.45. The zero-order chi connectivity index (χ0) is 23.6. The first kappa shape index (κ1) is 25.0. The molecule has 2 heterocycles. The molecular weight excluding hydrogens is 424 g/mol. The van der Waals surface area contributed by atoms with E-state index in [1.54, 1.807) is 6.92 Å². The van der Waals surface area contributed by atoms with Gasteiger partial charge in [-0.1, -0.05) is 20.8 Å². The minimum atomic E-state index is -2.21. The van der Waals surface area contributed by atoms with E-state index < -0.39 is 56.4 Å². The summed E-state index contributed by atoms with van der Waals surface area (Å²) in [4.78, 5) is 48.6. The first-order valence-corrected chi connectivity index (χ1v) is 13.1. The molecule has 31 heavy (non-hydrogen) atoms. The van der Waals surface area contributed by atoms with Gasteiger partial charge >= 0.3 is 11.7 Å². The maximum absolute atomic E-state index is 12.3. The Morgan fingerprint density at radius 2 is 1.94 bits per heavy atom. The van der Waals surface area contributed by atoms with E-state index in [1.807, 2.05) is 0 Å². The van der Waals surface area contributed by atoms with Crippen molar-refractivity contribution in [2.24, 2.45) is 0 Å². The Balaban J connectivity index is 2.22. The number of hydrogen-bond acceptors (Lipinski definition) is 8. The summed E-state index contributed by atoms with van der Waals surface area (Å²) in [6.07, 6.45) is -0.759. The number of rotatable bonds is 8. The lowest BCUT2D eigenvalue weighted by molar-refractivity contribution is -0.305. The molecule has 0 radical (unpaired) electrons. The number of aromatic nitrogens is 2. The molecule has 1 aliphatic rings. The van der Waals surface area contributed by atoms with Gasteiger partial charge in [-0.05, 0) is 31.5 Å². The summed E-state index contributed by atoms with van der Waals surface area (Å²) in [5, 5.41) is 10.5. The summed E-state index contributed by atoms with van der Waals surface area (Å²) < 4.78 is 19.0. The van der Waals surface area contributed by atoms with Crippen molar-refractivity contribution in [1.82, 2.24) is 9.55 Å². The molecule has 10 nitrogen and oxygen atoms in total. The number of ether oxygens (including phenoxy) is 2. The number of aliphatic carboxylic acids is 1. The van der Waals surface area contributed by atoms with Crippen molar-refractivity contribution in [2.75, 3.05) is 6.61 Å². The molecular formula is C20H31N2O8Si-. The van der Waals surface area contributed by atoms with Gasteiger partial charge in [0, 0.05) is 24.2 Å². The second-order valence-corrected chi connectivity index (χ2v) is 14.1. The third-order valence-corrected chi connectivity index (χ3v) is 10.3. The van der Waals surface area contributed by atoms with Crippen molar-refractivity contribution in [2.45, 2.75) is 83.5 Å². The van der Waals surface area contributed by atoms with Crippen molar-refractivity contribution in [3.05, 3.63) is 32.6 Å². The molecule has 174 valence electrons. The van der Waals surface area contributed by atoms with E-state index in [1.165, 1.54) is 10.8 Å². The first-order valence-electron chi connectivity index (χ1n) is 10.2. The molecule has 3 atom stereocenters. The van der Waals surface area contributed by atoms with Crippen LogP contribution in [-0.4, -0.2) is 48.6 Å². The average molecular weight is 456 g/mol. The fourth-order valence-electron chi connectivity index (χ4n) is 2.95. The molecule has 1 aliphatic heterocycles. The molecule has 1 N–H and O–H groups in total. The number of carboxylic acid groups (broad SMARTS) is 1. The average Bonchev–Trinajstić information content (AvgIpc) is 3.02. The van der Waals surface area contributed by atoms with E-state index in [-0.39, 0.29) is 18.1 Å². The van der Waals surface area contributed by atoms with Crippen LogP contribution in [0.2, 0.25) is 18.1 Å². The van der Waals surface area contributed by atoms with Gasteiger partial charge in [0.1, 0.15) is 18.9 Å². The van der Waals surface area contributed by atoms with Crippen LogP contribution in [0.5, 0.6) is 0 Å². The third kappa shape index (κ3) is 6.37. The monoisotopic (exact) mass is 455 g/mol. The summed E-state index contributed by atoms with van der Waals surface area (Å²) in [6.45, 7) is 11.9. The van der Waals surface area contributed by atoms with Crippen LogP contribution in [0.15, 0.2) is 15.8 Å². The molecule has 0 bridgehead atoms. The van der Waals surface area contributed by atoms with Crippen molar-refractivity contribution in [3.63, 3.8) is 0 Å². The number of aromatic amines is 1. The lowest BCUT2D eigenvalue weighted by Gasteiger charge is -2.39. The molecule has 11 heteroatoms. The van der Waals surface area contributed by atoms with Gasteiger partial charge in [0.05, 0.1) is 12.5 Å². The van der Waals surface area contributed by atoms with E-state index in [0.29, 0.717) is 12.0 Å². The molecule has 0 unspecified atom stereocenters. The summed E-state index contributed by atoms with van der Waals surface area (Å²) in [6, 6.07) is 0. The fraction of sp³-hybridized carbons (Fsp3) is 0.700. The standard InChI is InChI=1S/C20H32N2O8Si/c1-12-10-22(19(27)21-18(12)26)15-9-13(30-31(5,6)20(2,3)4)14(29-15)11-28-17(25)8-7-16(23)24/h10,13-15H,7-9,11H2,1-6H3,(H,23,24)(H,21,26,27)/p-1/t13-,14-,15-/m1/s1. The van der Waals surface area contributed by atoms with Crippen LogP contribution >= 0.6 is 0 Å². The molecule has 0 aliphatic carbocycles. The molecule has 1 aromatic heterocycles. The molecule has 2 rings (SSSR count). The first-order chi connectivity index (χ1) is 14.2. The number of aryl methyl sites for hydroxylation is 1. The fourth-order valence-corrected chi connectivity index (χ4v) is 4.31. The van der Waals surface area contributed by atoms with Crippen LogP contribution in [0.4, 0.5) is 0 Å². The Morgan fingerprint density at radius 1 is 1.29 bits per heavy atom. The van der Waals surface area contributed by atoms with Crippen LogP contribution in [0.1, 0.15) is 51.8 Å². The summed E-state index contributed by atoms with van der Waals surface area (Å²) in [5.41, 5.74) is -0.702. The van der Waals surface area contributed by atoms with Crippen molar-refractivity contribution in [3.8, 4) is 0 Å². The molecule has 1 aromatic rings. The van der Waals surface area contributed by atoms with Crippen molar-refractivity contribution >= 4 is 20.3 Å². The van der Waals surface area contributed by atoms with E-state index in [9.17, 15) is 24.3 Å². The van der Waals surface area contributed by atoms with Gasteiger partial charge in [0.2, 0.25) is 0 Å². The minimum absolute atomic E-state index is 0.0772. The van der Waals surface area contributed by atoms with Crippen LogP contribution < -0.4 is 16.4 Å². The SMILES string of the molecule is Cc1cn([C@H]2C[C@@H](O[Si](C)(C)C(C)(C)C)[C@@H](COC(=O)CCC(=O)[O-])O2)c(=O)[nH]c1=O. The van der Waals surface area contributed by atoms with E-state index in [0.717, 1.165) is 0 Å². The van der Waals surface area contributed by atoms with Crippen LogP contribution in [0, 0.1) is 6.92 Å². The second kappa shape index (κ2) is 9.49. The predicted octanol–water partition coefficient (Wildman–Crippen LogP) is 0.596. The summed E-state index contributed by atoms with van der Waals surface area (Å²) >= 11 is 0. The zero-order valence-electron chi connectivity index (χ0n) is 18.9. The Hall–Kier alpha value is -2.24. The van der Waals surface area contributed by atoms with Gasteiger partial charge in [0.25, 0.3) is 5.56 Å². The van der Waals surface area contributed by atoms with Crippen molar-refractivity contribution < 1.29 is 28.6 Å². The highest BCUT2D eigenvalue weighted by atomic mass is 28.4. The smallest absolute Gasteiger partial charge is 0.330 e. The summed E-state index contributed by atoms with van der Waals surface area (Å²) in [7, 11) is -2.21. The topological polar surface area (TPSA) is 140 Å². The normalized spacial score (nSPS) is 21.8. The molecule has 0 spiro atoms. The highest BCUT2D eigenvalue weighted by Crippen LogP contribution is 2.41. The summed E-state index contributed by atoms with van der Waals surface area (Å²) in [5.74, 6) is -2.01. The van der Waals surface area contributed by atoms with Crippen LogP contribution in [-0.2, 0) is 23.5 Å². The van der Waals surface area contributed by atoms with Gasteiger partial charge in [-0.25, -0.2) is 4.79 Å². The second-order valence-electron chi connectivity index (χ2n) is 9.32. The van der Waals surface area contributed by atoms with Gasteiger partial charge in [-0.15, -0.1) is 0 Å². The molecule has 0 saturated carbocycles.